The van der Waals surface area contributed by atoms with Crippen LogP contribution in [0, 0.1) is 12.8 Å². The van der Waals surface area contributed by atoms with Crippen molar-refractivity contribution in [2.45, 2.75) is 52.1 Å². The Morgan fingerprint density at radius 2 is 2.07 bits per heavy atom. The minimum atomic E-state index is -0.494. The summed E-state index contributed by atoms with van der Waals surface area (Å²) in [5, 5.41) is 6.48. The lowest BCUT2D eigenvalue weighted by atomic mass is 9.89. The van der Waals surface area contributed by atoms with E-state index < -0.39 is 6.10 Å². The van der Waals surface area contributed by atoms with E-state index in [1.54, 1.807) is 6.92 Å². The van der Waals surface area contributed by atoms with Crippen molar-refractivity contribution in [2.75, 3.05) is 10.6 Å². The molecule has 2 heterocycles. The van der Waals surface area contributed by atoms with Gasteiger partial charge < -0.3 is 15.4 Å². The van der Waals surface area contributed by atoms with Crippen molar-refractivity contribution in [2.24, 2.45) is 5.92 Å². The van der Waals surface area contributed by atoms with Crippen molar-refractivity contribution in [3.8, 4) is 17.0 Å². The summed E-state index contributed by atoms with van der Waals surface area (Å²) in [5.74, 6) is 0.680. The van der Waals surface area contributed by atoms with Crippen molar-refractivity contribution >= 4 is 34.0 Å². The number of hydrogen-bond acceptors (Lipinski definition) is 5. The maximum absolute atomic E-state index is 12.5. The third kappa shape index (κ3) is 3.69. The second-order valence-electron chi connectivity index (χ2n) is 7.21. The topological polar surface area (TPSA) is 80.3 Å². The van der Waals surface area contributed by atoms with Crippen molar-refractivity contribution in [1.29, 1.82) is 0 Å². The van der Waals surface area contributed by atoms with E-state index in [1.807, 2.05) is 25.1 Å². The molecule has 0 bridgehead atoms. The van der Waals surface area contributed by atoms with Crippen molar-refractivity contribution in [3.05, 3.63) is 23.1 Å². The number of rotatable bonds is 3. The Morgan fingerprint density at radius 3 is 2.85 bits per heavy atom. The Labute approximate surface area is 162 Å². The first-order valence-corrected chi connectivity index (χ1v) is 10.2. The number of carbonyl (C=O) groups excluding carboxylic acids is 2. The van der Waals surface area contributed by atoms with E-state index in [9.17, 15) is 9.59 Å². The van der Waals surface area contributed by atoms with Crippen molar-refractivity contribution < 1.29 is 14.3 Å². The molecular formula is C20H23N3O3S. The Bertz CT molecular complexity index is 887. The fourth-order valence-corrected chi connectivity index (χ4v) is 4.48. The van der Waals surface area contributed by atoms with E-state index in [-0.39, 0.29) is 17.7 Å². The van der Waals surface area contributed by atoms with E-state index in [4.69, 9.17) is 4.74 Å². The van der Waals surface area contributed by atoms with Gasteiger partial charge in [-0.2, -0.15) is 0 Å². The summed E-state index contributed by atoms with van der Waals surface area (Å²) in [6.45, 7) is 3.71. The zero-order valence-electron chi connectivity index (χ0n) is 15.5. The summed E-state index contributed by atoms with van der Waals surface area (Å²) in [4.78, 5) is 30.0. The first kappa shape index (κ1) is 18.0. The van der Waals surface area contributed by atoms with Crippen LogP contribution in [-0.4, -0.2) is 22.9 Å². The molecule has 7 heteroatoms. The first-order valence-electron chi connectivity index (χ1n) is 9.41. The van der Waals surface area contributed by atoms with Gasteiger partial charge in [-0.1, -0.05) is 19.3 Å². The number of amides is 2. The lowest BCUT2D eigenvalue weighted by molar-refractivity contribution is -0.123. The molecule has 1 fully saturated rings. The molecule has 2 amide bonds. The zero-order chi connectivity index (χ0) is 19.0. The molecule has 142 valence electrons. The van der Waals surface area contributed by atoms with E-state index in [2.05, 4.69) is 15.6 Å². The molecule has 1 aromatic heterocycles. The Kier molecular flexibility index (Phi) is 4.86. The van der Waals surface area contributed by atoms with Gasteiger partial charge in [-0.25, -0.2) is 4.98 Å². The highest BCUT2D eigenvalue weighted by atomic mass is 32.1. The smallest absolute Gasteiger partial charge is 0.265 e. The number of carbonyl (C=O) groups is 2. The highest BCUT2D eigenvalue weighted by Crippen LogP contribution is 2.37. The maximum atomic E-state index is 12.5. The maximum Gasteiger partial charge on any atom is 0.265 e. The molecule has 0 radical (unpaired) electrons. The molecule has 1 saturated carbocycles. The zero-order valence-corrected chi connectivity index (χ0v) is 16.3. The normalized spacial score (nSPS) is 19.8. The van der Waals surface area contributed by atoms with Gasteiger partial charge in [-0.15, -0.1) is 11.3 Å². The van der Waals surface area contributed by atoms with Gasteiger partial charge in [0.05, 0.1) is 11.4 Å². The van der Waals surface area contributed by atoms with Crippen LogP contribution in [0.1, 0.15) is 43.9 Å². The number of anilines is 2. The molecule has 1 aliphatic carbocycles. The molecule has 0 saturated heterocycles. The van der Waals surface area contributed by atoms with Crippen LogP contribution in [0.3, 0.4) is 0 Å². The highest BCUT2D eigenvalue weighted by molar-refractivity contribution is 7.16. The number of nitrogens with one attached hydrogen (secondary N) is 2. The summed E-state index contributed by atoms with van der Waals surface area (Å²) in [6, 6.07) is 5.64. The number of benzene rings is 1. The molecule has 1 unspecified atom stereocenters. The Hall–Kier alpha value is -2.41. The summed E-state index contributed by atoms with van der Waals surface area (Å²) in [6.07, 6.45) is 4.91. The van der Waals surface area contributed by atoms with Gasteiger partial charge in [0, 0.05) is 16.4 Å². The van der Waals surface area contributed by atoms with Crippen LogP contribution < -0.4 is 15.4 Å². The van der Waals surface area contributed by atoms with Crippen LogP contribution in [0.5, 0.6) is 5.75 Å². The summed E-state index contributed by atoms with van der Waals surface area (Å²) >= 11 is 1.48. The molecule has 2 aliphatic rings. The van der Waals surface area contributed by atoms with Gasteiger partial charge in [-0.05, 0) is 44.9 Å². The molecule has 0 spiro atoms. The second-order valence-corrected chi connectivity index (χ2v) is 8.41. The lowest BCUT2D eigenvalue weighted by Crippen LogP contribution is -2.34. The molecule has 1 aromatic carbocycles. The number of fused-ring (bicyclic) bond motifs is 1. The third-order valence-electron chi connectivity index (χ3n) is 5.19. The van der Waals surface area contributed by atoms with E-state index in [0.717, 1.165) is 41.8 Å². The lowest BCUT2D eigenvalue weighted by Gasteiger charge is -2.23. The molecule has 4 rings (SSSR count). The Morgan fingerprint density at radius 1 is 1.30 bits per heavy atom. The van der Waals surface area contributed by atoms with Crippen LogP contribution in [-0.2, 0) is 9.59 Å². The quantitative estimate of drug-likeness (QED) is 0.823. The first-order chi connectivity index (χ1) is 13.0. The Balaban J connectivity index is 1.54. The number of aromatic nitrogens is 1. The summed E-state index contributed by atoms with van der Waals surface area (Å²) in [5.41, 5.74) is 2.35. The van der Waals surface area contributed by atoms with Crippen LogP contribution in [0.25, 0.3) is 11.3 Å². The van der Waals surface area contributed by atoms with Crippen molar-refractivity contribution in [1.82, 2.24) is 4.98 Å². The fourth-order valence-electron chi connectivity index (χ4n) is 3.65. The van der Waals surface area contributed by atoms with E-state index in [0.29, 0.717) is 16.6 Å². The molecule has 1 aliphatic heterocycles. The summed E-state index contributed by atoms with van der Waals surface area (Å²) < 4.78 is 5.60. The largest absolute Gasteiger partial charge is 0.479 e. The summed E-state index contributed by atoms with van der Waals surface area (Å²) in [7, 11) is 0. The fraction of sp³-hybridized carbons (Fsp3) is 0.450. The van der Waals surface area contributed by atoms with Gasteiger partial charge in [0.2, 0.25) is 5.91 Å². The van der Waals surface area contributed by atoms with Gasteiger partial charge in [-0.3, -0.25) is 9.59 Å². The van der Waals surface area contributed by atoms with Crippen LogP contribution in [0.15, 0.2) is 18.2 Å². The minimum absolute atomic E-state index is 0.0788. The van der Waals surface area contributed by atoms with Gasteiger partial charge in [0.15, 0.2) is 11.2 Å². The molecular weight excluding hydrogens is 362 g/mol. The average Bonchev–Trinajstić information content (AvgIpc) is 3.03. The molecule has 2 N–H and O–H groups in total. The van der Waals surface area contributed by atoms with Crippen LogP contribution in [0.4, 0.5) is 10.8 Å². The predicted molar refractivity (Wildman–Crippen MR) is 106 cm³/mol. The van der Waals surface area contributed by atoms with Gasteiger partial charge in [0.25, 0.3) is 5.91 Å². The third-order valence-corrected chi connectivity index (χ3v) is 6.07. The molecule has 2 aromatic rings. The van der Waals surface area contributed by atoms with Gasteiger partial charge in [0.1, 0.15) is 5.75 Å². The van der Waals surface area contributed by atoms with Crippen molar-refractivity contribution in [3.63, 3.8) is 0 Å². The molecule has 1 atom stereocenters. The number of nitrogens with zero attached hydrogens (tertiary/aromatic N) is 1. The standard InChI is InChI=1S/C20H23N3O3S/c1-11-18(24)21-15-10-14(8-9-16(15)26-11)17-12(2)27-20(22-17)23-19(25)13-6-4-3-5-7-13/h8-11,13H,3-7H2,1-2H3,(H,21,24)(H,22,23,25). The average molecular weight is 385 g/mol. The number of aryl methyl sites for hydroxylation is 1. The van der Waals surface area contributed by atoms with Crippen LogP contribution in [0.2, 0.25) is 0 Å². The van der Waals surface area contributed by atoms with Gasteiger partial charge >= 0.3 is 0 Å². The number of thiazole rings is 1. The highest BCUT2D eigenvalue weighted by Gasteiger charge is 2.25. The molecule has 27 heavy (non-hydrogen) atoms. The SMILES string of the molecule is Cc1sc(NC(=O)C2CCCCC2)nc1-c1ccc2c(c1)NC(=O)C(C)O2. The number of ether oxygens (including phenoxy) is 1. The van der Waals surface area contributed by atoms with E-state index in [1.165, 1.54) is 17.8 Å². The molecule has 6 nitrogen and oxygen atoms in total. The van der Waals surface area contributed by atoms with Crippen LogP contribution >= 0.6 is 11.3 Å². The number of hydrogen-bond donors (Lipinski definition) is 2. The predicted octanol–water partition coefficient (Wildman–Crippen LogP) is 4.36. The monoisotopic (exact) mass is 385 g/mol. The van der Waals surface area contributed by atoms with E-state index >= 15 is 0 Å². The minimum Gasteiger partial charge on any atom is -0.479 e. The second kappa shape index (κ2) is 7.31.